The molecule has 2 heterocycles. The van der Waals surface area contributed by atoms with E-state index in [-0.39, 0.29) is 16.7 Å². The van der Waals surface area contributed by atoms with E-state index >= 15 is 0 Å². The fourth-order valence-corrected chi connectivity index (χ4v) is 2.85. The lowest BCUT2D eigenvalue weighted by Crippen LogP contribution is -2.38. The second-order valence-corrected chi connectivity index (χ2v) is 5.25. The van der Waals surface area contributed by atoms with E-state index in [2.05, 4.69) is 15.0 Å². The first-order valence-corrected chi connectivity index (χ1v) is 7.29. The predicted molar refractivity (Wildman–Crippen MR) is 79.2 cm³/mol. The van der Waals surface area contributed by atoms with E-state index in [9.17, 15) is 9.90 Å². The van der Waals surface area contributed by atoms with E-state index in [4.69, 9.17) is 16.0 Å². The van der Waals surface area contributed by atoms with Crippen LogP contribution in [0.2, 0.25) is 0 Å². The number of azide groups is 1. The van der Waals surface area contributed by atoms with Gasteiger partial charge in [0.2, 0.25) is 0 Å². The van der Waals surface area contributed by atoms with Crippen molar-refractivity contribution < 1.29 is 9.84 Å². The standard InChI is InChI=1S/C10H13IN6O3/c1-5-3-17(9(19)14-8(5)12)7-2-6(18)10(4-11,20-7)15-16-13/h3,6-7,18H,2,4H2,1H3,(H2,12,14,19)/t6-,7+,10+/m0/s1. The molecule has 1 saturated heterocycles. The quantitative estimate of drug-likeness (QED) is 0.258. The van der Waals surface area contributed by atoms with Crippen molar-refractivity contribution in [2.45, 2.75) is 31.4 Å². The molecule has 0 bridgehead atoms. The monoisotopic (exact) mass is 392 g/mol. The Balaban J connectivity index is 2.40. The second-order valence-electron chi connectivity index (χ2n) is 4.49. The molecule has 9 nitrogen and oxygen atoms in total. The highest BCUT2D eigenvalue weighted by Crippen LogP contribution is 2.38. The van der Waals surface area contributed by atoms with Gasteiger partial charge in [0.25, 0.3) is 0 Å². The van der Waals surface area contributed by atoms with Crippen LogP contribution in [-0.4, -0.2) is 30.9 Å². The molecule has 2 rings (SSSR count). The average molecular weight is 392 g/mol. The van der Waals surface area contributed by atoms with Crippen LogP contribution in [0.15, 0.2) is 16.1 Å². The van der Waals surface area contributed by atoms with E-state index in [1.165, 1.54) is 10.8 Å². The number of hydrogen-bond donors (Lipinski definition) is 2. The van der Waals surface area contributed by atoms with Crippen molar-refractivity contribution in [2.75, 3.05) is 10.2 Å². The first kappa shape index (κ1) is 15.0. The van der Waals surface area contributed by atoms with Crippen LogP contribution in [-0.2, 0) is 4.74 Å². The van der Waals surface area contributed by atoms with Crippen LogP contribution >= 0.6 is 22.6 Å². The Morgan fingerprint density at radius 3 is 3.15 bits per heavy atom. The van der Waals surface area contributed by atoms with Crippen LogP contribution in [0.25, 0.3) is 10.4 Å². The Kier molecular flexibility index (Phi) is 4.18. The van der Waals surface area contributed by atoms with Crippen molar-refractivity contribution in [1.82, 2.24) is 9.55 Å². The van der Waals surface area contributed by atoms with Crippen molar-refractivity contribution >= 4 is 28.4 Å². The predicted octanol–water partition coefficient (Wildman–Crippen LogP) is 0.855. The summed E-state index contributed by atoms with van der Waals surface area (Å²) >= 11 is 1.96. The molecule has 3 atom stereocenters. The van der Waals surface area contributed by atoms with Crippen molar-refractivity contribution in [1.29, 1.82) is 0 Å². The van der Waals surface area contributed by atoms with Crippen molar-refractivity contribution in [3.05, 3.63) is 32.7 Å². The number of aliphatic hydroxyl groups is 1. The van der Waals surface area contributed by atoms with Gasteiger partial charge >= 0.3 is 5.69 Å². The first-order chi connectivity index (χ1) is 9.43. The van der Waals surface area contributed by atoms with E-state index in [1.807, 2.05) is 22.6 Å². The SMILES string of the molecule is Cc1cn([C@H]2C[C@H](O)[C@](CI)(N=[N+]=[N-])O2)c(=O)nc1N. The molecule has 0 radical (unpaired) electrons. The maximum Gasteiger partial charge on any atom is 0.351 e. The number of halogens is 1. The van der Waals surface area contributed by atoms with Gasteiger partial charge < -0.3 is 15.6 Å². The van der Waals surface area contributed by atoms with Crippen molar-refractivity contribution in [3.63, 3.8) is 0 Å². The molecule has 1 aromatic heterocycles. The van der Waals surface area contributed by atoms with Gasteiger partial charge in [-0.05, 0) is 12.5 Å². The minimum atomic E-state index is -1.37. The van der Waals surface area contributed by atoms with Gasteiger partial charge in [-0.3, -0.25) is 4.57 Å². The third-order valence-electron chi connectivity index (χ3n) is 3.18. The number of nitrogens with zero attached hydrogens (tertiary/aromatic N) is 5. The van der Waals surface area contributed by atoms with Gasteiger partial charge in [-0.25, -0.2) is 4.79 Å². The molecule has 20 heavy (non-hydrogen) atoms. The number of aryl methyl sites for hydroxylation is 1. The molecule has 0 saturated carbocycles. The highest BCUT2D eigenvalue weighted by Gasteiger charge is 2.48. The van der Waals surface area contributed by atoms with Crippen LogP contribution in [0.5, 0.6) is 0 Å². The molecular weight excluding hydrogens is 379 g/mol. The van der Waals surface area contributed by atoms with E-state index < -0.39 is 23.7 Å². The van der Waals surface area contributed by atoms with Crippen LogP contribution < -0.4 is 11.4 Å². The Morgan fingerprint density at radius 2 is 2.55 bits per heavy atom. The number of aliphatic hydroxyl groups excluding tert-OH is 1. The molecule has 0 spiro atoms. The fourth-order valence-electron chi connectivity index (χ4n) is 2.01. The zero-order valence-electron chi connectivity index (χ0n) is 10.6. The van der Waals surface area contributed by atoms with Gasteiger partial charge in [0, 0.05) is 27.5 Å². The minimum absolute atomic E-state index is 0.132. The molecule has 1 aliphatic heterocycles. The zero-order chi connectivity index (χ0) is 14.9. The number of alkyl halides is 1. The largest absolute Gasteiger partial charge is 0.390 e. The number of hydrogen-bond acceptors (Lipinski definition) is 6. The maximum absolute atomic E-state index is 11.8. The summed E-state index contributed by atoms with van der Waals surface area (Å²) in [6.07, 6.45) is -0.0939. The molecular formula is C10H13IN6O3. The van der Waals surface area contributed by atoms with Crippen LogP contribution in [0.1, 0.15) is 18.2 Å². The Hall–Kier alpha value is -1.36. The molecule has 0 unspecified atom stereocenters. The lowest BCUT2D eigenvalue weighted by Gasteiger charge is -2.24. The summed E-state index contributed by atoms with van der Waals surface area (Å²) in [5.41, 5.74) is 12.8. The van der Waals surface area contributed by atoms with Gasteiger partial charge in [0.05, 0.1) is 6.10 Å². The molecule has 0 amide bonds. The van der Waals surface area contributed by atoms with Gasteiger partial charge in [-0.1, -0.05) is 27.7 Å². The summed E-state index contributed by atoms with van der Waals surface area (Å²) in [4.78, 5) is 18.2. The molecule has 3 N–H and O–H groups in total. The molecule has 0 aromatic carbocycles. The summed E-state index contributed by atoms with van der Waals surface area (Å²) < 4.78 is 7.13. The van der Waals surface area contributed by atoms with Crippen LogP contribution in [0, 0.1) is 6.92 Å². The highest BCUT2D eigenvalue weighted by molar-refractivity contribution is 14.1. The van der Waals surface area contributed by atoms with E-state index in [0.29, 0.717) is 5.56 Å². The number of rotatable bonds is 3. The minimum Gasteiger partial charge on any atom is -0.390 e. The fraction of sp³-hybridized carbons (Fsp3) is 0.600. The molecule has 0 aliphatic carbocycles. The molecule has 108 valence electrons. The lowest BCUT2D eigenvalue weighted by molar-refractivity contribution is -0.0819. The average Bonchev–Trinajstić information content (AvgIpc) is 2.72. The topological polar surface area (TPSA) is 139 Å². The second kappa shape index (κ2) is 5.56. The van der Waals surface area contributed by atoms with Gasteiger partial charge in [0.15, 0.2) is 5.72 Å². The third-order valence-corrected chi connectivity index (χ3v) is 4.27. The number of nitrogens with two attached hydrogens (primary N) is 1. The van der Waals surface area contributed by atoms with E-state index in [1.54, 1.807) is 6.92 Å². The smallest absolute Gasteiger partial charge is 0.351 e. The van der Waals surface area contributed by atoms with Crippen molar-refractivity contribution in [2.24, 2.45) is 5.11 Å². The summed E-state index contributed by atoms with van der Waals surface area (Å²) in [6.45, 7) is 1.71. The number of aromatic nitrogens is 2. The zero-order valence-corrected chi connectivity index (χ0v) is 12.8. The summed E-state index contributed by atoms with van der Waals surface area (Å²) in [5.74, 6) is 0.153. The van der Waals surface area contributed by atoms with Gasteiger partial charge in [-0.15, -0.1) is 0 Å². The molecule has 10 heteroatoms. The van der Waals surface area contributed by atoms with Crippen molar-refractivity contribution in [3.8, 4) is 0 Å². The van der Waals surface area contributed by atoms with Crippen LogP contribution in [0.4, 0.5) is 5.82 Å². The molecule has 1 aromatic rings. The summed E-state index contributed by atoms with van der Waals surface area (Å²) in [5, 5.41) is 13.6. The molecule has 1 fully saturated rings. The van der Waals surface area contributed by atoms with Crippen LogP contribution in [0.3, 0.4) is 0 Å². The molecule has 1 aliphatic rings. The number of ether oxygens (including phenoxy) is 1. The Bertz CT molecular complexity index is 628. The number of nitrogen functional groups attached to an aromatic ring is 1. The normalized spacial score (nSPS) is 29.1. The van der Waals surface area contributed by atoms with Gasteiger partial charge in [0.1, 0.15) is 12.0 Å². The summed E-state index contributed by atoms with van der Waals surface area (Å²) in [6, 6.07) is 0. The lowest BCUT2D eigenvalue weighted by atomic mass is 10.1. The highest BCUT2D eigenvalue weighted by atomic mass is 127. The maximum atomic E-state index is 11.8. The van der Waals surface area contributed by atoms with Gasteiger partial charge in [-0.2, -0.15) is 4.98 Å². The van der Waals surface area contributed by atoms with E-state index in [0.717, 1.165) is 0 Å². The number of anilines is 1. The Morgan fingerprint density at radius 1 is 1.85 bits per heavy atom. The summed E-state index contributed by atoms with van der Waals surface area (Å²) in [7, 11) is 0. The Labute approximate surface area is 127 Å². The third kappa shape index (κ3) is 2.46. The first-order valence-electron chi connectivity index (χ1n) is 5.77.